The molecular weight excluding hydrogens is 366 g/mol. The van der Waals surface area contributed by atoms with Crippen molar-refractivity contribution in [2.24, 2.45) is 11.8 Å². The maximum Gasteiger partial charge on any atom is 0.142 e. The number of phenols is 1. The van der Waals surface area contributed by atoms with Crippen LogP contribution in [0.25, 0.3) is 11.3 Å². The highest BCUT2D eigenvalue weighted by atomic mass is 16.5. The Morgan fingerprint density at radius 2 is 2.00 bits per heavy atom. The van der Waals surface area contributed by atoms with E-state index in [2.05, 4.69) is 30.4 Å². The van der Waals surface area contributed by atoms with Gasteiger partial charge in [-0.3, -0.25) is 0 Å². The molecule has 1 saturated carbocycles. The Hall–Kier alpha value is -2.05. The van der Waals surface area contributed by atoms with Crippen LogP contribution in [0.3, 0.4) is 0 Å². The number of phenolic OH excluding ortho intramolecular Hbond substituents is 1. The van der Waals surface area contributed by atoms with Crippen LogP contribution in [0.2, 0.25) is 0 Å². The van der Waals surface area contributed by atoms with Crippen molar-refractivity contribution in [1.82, 2.24) is 15.4 Å². The highest BCUT2D eigenvalue weighted by molar-refractivity contribution is 5.70. The minimum atomic E-state index is 0.260. The molecule has 0 bridgehead atoms. The summed E-state index contributed by atoms with van der Waals surface area (Å²) in [6.45, 7) is 6.87. The zero-order valence-electron chi connectivity index (χ0n) is 17.9. The summed E-state index contributed by atoms with van der Waals surface area (Å²) in [5.74, 6) is 3.34. The van der Waals surface area contributed by atoms with E-state index >= 15 is 0 Å². The number of hydrogen-bond donors (Lipinski definition) is 2. The van der Waals surface area contributed by atoms with Crippen molar-refractivity contribution in [3.05, 3.63) is 29.5 Å². The quantitative estimate of drug-likeness (QED) is 0.733. The van der Waals surface area contributed by atoms with E-state index in [1.165, 1.54) is 12.8 Å². The van der Waals surface area contributed by atoms with Gasteiger partial charge in [-0.1, -0.05) is 12.1 Å². The Labute approximate surface area is 173 Å². The van der Waals surface area contributed by atoms with Crippen LogP contribution >= 0.6 is 0 Å². The summed E-state index contributed by atoms with van der Waals surface area (Å²) in [6.07, 6.45) is 3.57. The molecule has 1 aromatic carbocycles. The molecule has 2 fully saturated rings. The second-order valence-corrected chi connectivity index (χ2v) is 9.12. The first kappa shape index (κ1) is 20.2. The van der Waals surface area contributed by atoms with Gasteiger partial charge in [-0.05, 0) is 64.7 Å². The molecule has 6 nitrogen and oxygen atoms in total. The van der Waals surface area contributed by atoms with Crippen LogP contribution in [0, 0.1) is 11.8 Å². The van der Waals surface area contributed by atoms with Gasteiger partial charge in [-0.25, -0.2) is 0 Å². The zero-order chi connectivity index (χ0) is 20.5. The van der Waals surface area contributed by atoms with Gasteiger partial charge in [0.05, 0.1) is 6.61 Å². The van der Waals surface area contributed by atoms with E-state index in [9.17, 15) is 5.11 Å². The van der Waals surface area contributed by atoms with Gasteiger partial charge in [-0.15, -0.1) is 0 Å². The van der Waals surface area contributed by atoms with E-state index in [0.29, 0.717) is 42.7 Å². The van der Waals surface area contributed by atoms with E-state index in [-0.39, 0.29) is 5.75 Å². The monoisotopic (exact) mass is 399 g/mol. The topological polar surface area (TPSA) is 70.8 Å². The maximum atomic E-state index is 10.5. The second kappa shape index (κ2) is 8.36. The summed E-state index contributed by atoms with van der Waals surface area (Å²) in [7, 11) is 3.98. The Bertz CT molecular complexity index is 834. The highest BCUT2D eigenvalue weighted by Gasteiger charge is 2.32. The number of benzene rings is 1. The number of hydrogen-bond acceptors (Lipinski definition) is 6. The number of aromatic hydroxyl groups is 1. The molecule has 29 heavy (non-hydrogen) atoms. The van der Waals surface area contributed by atoms with E-state index in [0.717, 1.165) is 35.5 Å². The summed E-state index contributed by atoms with van der Waals surface area (Å²) in [6, 6.07) is 6.14. The third-order valence-corrected chi connectivity index (χ3v) is 6.19. The molecule has 1 aromatic heterocycles. The smallest absolute Gasteiger partial charge is 0.142 e. The standard InChI is InChI=1S/C23H33N3O3/c1-14-7-8-24-15(2)23(14)22-10-19(25-29-22)18-9-17(12-26(3)4)20(27)11-21(18)28-13-16-5-6-16/h9-11,14-16,23-24,27H,5-8,12-13H2,1-4H3. The second-order valence-electron chi connectivity index (χ2n) is 9.12. The Kier molecular flexibility index (Phi) is 5.83. The fourth-order valence-corrected chi connectivity index (χ4v) is 4.33. The minimum Gasteiger partial charge on any atom is -0.507 e. The molecule has 6 heteroatoms. The van der Waals surface area contributed by atoms with Crippen molar-refractivity contribution in [1.29, 1.82) is 0 Å². The molecule has 1 aliphatic heterocycles. The first-order chi connectivity index (χ1) is 13.9. The van der Waals surface area contributed by atoms with Gasteiger partial charge in [-0.2, -0.15) is 0 Å². The van der Waals surface area contributed by atoms with Gasteiger partial charge in [0, 0.05) is 41.8 Å². The molecule has 1 saturated heterocycles. The average molecular weight is 400 g/mol. The molecule has 0 spiro atoms. The van der Waals surface area contributed by atoms with Crippen LogP contribution in [0.1, 0.15) is 50.4 Å². The lowest BCUT2D eigenvalue weighted by Crippen LogP contribution is -2.41. The molecule has 2 N–H and O–H groups in total. The number of nitrogens with one attached hydrogen (secondary N) is 1. The molecule has 2 aromatic rings. The minimum absolute atomic E-state index is 0.260. The lowest BCUT2D eigenvalue weighted by Gasteiger charge is -2.33. The third-order valence-electron chi connectivity index (χ3n) is 6.19. The van der Waals surface area contributed by atoms with Gasteiger partial charge in [0.2, 0.25) is 0 Å². The van der Waals surface area contributed by atoms with Gasteiger partial charge >= 0.3 is 0 Å². The van der Waals surface area contributed by atoms with E-state index in [4.69, 9.17) is 9.26 Å². The number of piperidine rings is 1. The van der Waals surface area contributed by atoms with Gasteiger partial charge in [0.1, 0.15) is 23.0 Å². The Morgan fingerprint density at radius 3 is 2.69 bits per heavy atom. The molecule has 0 amide bonds. The van der Waals surface area contributed by atoms with Crippen LogP contribution in [-0.2, 0) is 6.54 Å². The zero-order valence-corrected chi connectivity index (χ0v) is 17.9. The molecular formula is C23H33N3O3. The molecule has 1 aliphatic carbocycles. The third kappa shape index (κ3) is 4.59. The van der Waals surface area contributed by atoms with Crippen molar-refractivity contribution in [2.45, 2.75) is 51.6 Å². The van der Waals surface area contributed by atoms with Crippen LogP contribution in [0.5, 0.6) is 11.5 Å². The summed E-state index contributed by atoms with van der Waals surface area (Å²) in [5, 5.41) is 18.5. The molecule has 0 radical (unpaired) electrons. The van der Waals surface area contributed by atoms with Gasteiger partial charge < -0.3 is 24.6 Å². The summed E-state index contributed by atoms with van der Waals surface area (Å²) < 4.78 is 11.9. The van der Waals surface area contributed by atoms with Crippen LogP contribution in [0.15, 0.2) is 22.7 Å². The molecule has 2 heterocycles. The van der Waals surface area contributed by atoms with Gasteiger partial charge in [0.15, 0.2) is 0 Å². The van der Waals surface area contributed by atoms with Crippen LogP contribution in [0.4, 0.5) is 0 Å². The number of nitrogens with zero attached hydrogens (tertiary/aromatic N) is 2. The fourth-order valence-electron chi connectivity index (χ4n) is 4.33. The molecule has 4 rings (SSSR count). The molecule has 3 unspecified atom stereocenters. The van der Waals surface area contributed by atoms with Crippen molar-refractivity contribution in [2.75, 3.05) is 27.2 Å². The van der Waals surface area contributed by atoms with E-state index in [1.807, 2.05) is 25.1 Å². The largest absolute Gasteiger partial charge is 0.507 e. The normalized spacial score (nSPS) is 24.8. The predicted octanol–water partition coefficient (Wildman–Crippen LogP) is 4.00. The first-order valence-electron chi connectivity index (χ1n) is 10.8. The highest BCUT2D eigenvalue weighted by Crippen LogP contribution is 2.40. The van der Waals surface area contributed by atoms with Crippen molar-refractivity contribution in [3.8, 4) is 22.8 Å². The van der Waals surface area contributed by atoms with Crippen LogP contribution in [-0.4, -0.2) is 48.5 Å². The lowest BCUT2D eigenvalue weighted by atomic mass is 9.81. The number of ether oxygens (including phenoxy) is 1. The Balaban J connectivity index is 1.67. The molecule has 2 aliphatic rings. The SMILES string of the molecule is CC1CCNC(C)C1c1cc(-c2cc(CN(C)C)c(O)cc2OCC2CC2)no1. The van der Waals surface area contributed by atoms with Crippen molar-refractivity contribution >= 4 is 0 Å². The predicted molar refractivity (Wildman–Crippen MR) is 113 cm³/mol. The summed E-state index contributed by atoms with van der Waals surface area (Å²) in [4.78, 5) is 2.04. The molecule has 158 valence electrons. The lowest BCUT2D eigenvalue weighted by molar-refractivity contribution is 0.234. The van der Waals surface area contributed by atoms with E-state index in [1.54, 1.807) is 6.07 Å². The first-order valence-corrected chi connectivity index (χ1v) is 10.8. The number of rotatable bonds is 7. The van der Waals surface area contributed by atoms with Crippen molar-refractivity contribution < 1.29 is 14.4 Å². The summed E-state index contributed by atoms with van der Waals surface area (Å²) in [5.41, 5.74) is 2.52. The maximum absolute atomic E-state index is 10.5. The van der Waals surface area contributed by atoms with Crippen LogP contribution < -0.4 is 10.1 Å². The number of aromatic nitrogens is 1. The van der Waals surface area contributed by atoms with Gasteiger partial charge in [0.25, 0.3) is 0 Å². The average Bonchev–Trinajstić information content (AvgIpc) is 3.37. The van der Waals surface area contributed by atoms with E-state index < -0.39 is 0 Å². The fraction of sp³-hybridized carbons (Fsp3) is 0.609. The summed E-state index contributed by atoms with van der Waals surface area (Å²) >= 11 is 0. The Morgan fingerprint density at radius 1 is 1.21 bits per heavy atom. The van der Waals surface area contributed by atoms with Crippen molar-refractivity contribution in [3.63, 3.8) is 0 Å². The molecule has 3 atom stereocenters.